The van der Waals surface area contributed by atoms with Crippen molar-refractivity contribution >= 4 is 138 Å². The second-order valence-electron chi connectivity index (χ2n) is 21.6. The zero-order valence-electron chi connectivity index (χ0n) is 48.4. The molecule has 14 rings (SSSR count). The summed E-state index contributed by atoms with van der Waals surface area (Å²) < 4.78 is 256. The number of benzene rings is 4. The molecule has 20 nitrogen and oxygen atoms in total. The van der Waals surface area contributed by atoms with Crippen molar-refractivity contribution in [3.8, 4) is 22.3 Å². The lowest BCUT2D eigenvalue weighted by Gasteiger charge is -2.37. The van der Waals surface area contributed by atoms with Gasteiger partial charge in [-0.2, -0.15) is 27.8 Å². The van der Waals surface area contributed by atoms with Gasteiger partial charge in [-0.05, 0) is 54.6 Å². The van der Waals surface area contributed by atoms with Crippen LogP contribution in [0.2, 0.25) is 5.15 Å². The maximum absolute atomic E-state index is 16.0. The van der Waals surface area contributed by atoms with E-state index in [4.69, 9.17) is 17.3 Å². The fraction of sp³-hybridized carbons (Fsp3) is 0.172. The van der Waals surface area contributed by atoms with Gasteiger partial charge in [-0.25, -0.2) is 90.0 Å². The molecule has 8 aromatic heterocycles. The highest BCUT2D eigenvalue weighted by atomic mass is 35.5. The smallest absolute Gasteiger partial charge is 0.333 e. The highest BCUT2D eigenvalue weighted by Gasteiger charge is 2.48. The highest BCUT2D eigenvalue weighted by Crippen LogP contribution is 2.48. The zero-order chi connectivity index (χ0) is 69.5. The minimum Gasteiger partial charge on any atom is -0.382 e. The molecule has 0 atom stereocenters. The molecule has 12 aromatic rings. The number of nitrogens with zero attached hydrogens (tertiary/aromatic N) is 10. The van der Waals surface area contributed by atoms with Crippen LogP contribution in [0.25, 0.3) is 64.5 Å². The van der Waals surface area contributed by atoms with Gasteiger partial charge in [0.25, 0.3) is 43.0 Å². The Morgan fingerprint density at radius 1 is 0.551 bits per heavy atom. The summed E-state index contributed by atoms with van der Waals surface area (Å²) in [7, 11) is -9.52. The number of sulfonamides is 2. The normalized spacial score (nSPS) is 14.6. The van der Waals surface area contributed by atoms with E-state index in [9.17, 15) is 70.3 Å². The number of nitrogens with one attached hydrogen (secondary N) is 3. The maximum Gasteiger partial charge on any atom is 0.333 e. The first-order chi connectivity index (χ1) is 45.7. The van der Waals surface area contributed by atoms with Gasteiger partial charge in [-0.1, -0.05) is 11.6 Å². The second kappa shape index (κ2) is 26.4. The van der Waals surface area contributed by atoms with E-state index in [1.54, 1.807) is 0 Å². The van der Waals surface area contributed by atoms with Crippen molar-refractivity contribution in [1.82, 2.24) is 48.6 Å². The number of rotatable bonds is 14. The summed E-state index contributed by atoms with van der Waals surface area (Å²) in [6.07, 6.45) is 1.62. The molecule has 8 heterocycles. The number of alkyl halides is 8. The van der Waals surface area contributed by atoms with Gasteiger partial charge in [-0.15, -0.1) is 35.1 Å². The predicted octanol–water partition coefficient (Wildman–Crippen LogP) is 15.0. The quantitative estimate of drug-likeness (QED) is 0.0583. The van der Waals surface area contributed by atoms with Gasteiger partial charge >= 0.3 is 13.1 Å². The molecular weight excluding hydrogens is 1450 g/mol. The molecule has 98 heavy (non-hydrogen) atoms. The number of anilines is 5. The Kier molecular flexibility index (Phi) is 18.8. The van der Waals surface area contributed by atoms with Crippen LogP contribution < -0.4 is 31.6 Å². The van der Waals surface area contributed by atoms with Crippen LogP contribution in [-0.4, -0.2) is 77.3 Å². The molecule has 2 fully saturated rings. The van der Waals surface area contributed by atoms with Crippen LogP contribution >= 0.6 is 46.7 Å². The fourth-order valence-corrected chi connectivity index (χ4v) is 14.6. The van der Waals surface area contributed by atoms with E-state index in [0.717, 1.165) is 98.8 Å². The van der Waals surface area contributed by atoms with Crippen molar-refractivity contribution in [3.05, 3.63) is 182 Å². The molecule has 0 radical (unpaired) electrons. The molecule has 0 amide bonds. The predicted molar refractivity (Wildman–Crippen MR) is 337 cm³/mol. The Labute approximate surface area is 558 Å². The highest BCUT2D eigenvalue weighted by molar-refractivity contribution is 7.93. The number of pyridine rings is 4. The van der Waals surface area contributed by atoms with Gasteiger partial charge in [0.05, 0.1) is 76.1 Å². The Bertz CT molecular complexity index is 5510. The summed E-state index contributed by atoms with van der Waals surface area (Å²) in [6.45, 7) is -5.51. The number of hydrogen-bond acceptors (Lipinski definition) is 16. The van der Waals surface area contributed by atoms with Crippen molar-refractivity contribution < 1.29 is 78.3 Å². The van der Waals surface area contributed by atoms with Gasteiger partial charge in [-0.3, -0.25) is 19.0 Å². The average molecular weight is 1490 g/mol. The van der Waals surface area contributed by atoms with Gasteiger partial charge < -0.3 is 20.2 Å². The van der Waals surface area contributed by atoms with E-state index in [2.05, 4.69) is 35.5 Å². The molecule has 512 valence electrons. The third kappa shape index (κ3) is 13.7. The summed E-state index contributed by atoms with van der Waals surface area (Å²) in [6, 6.07) is 11.9. The molecule has 0 bridgehead atoms. The lowest BCUT2D eigenvalue weighted by Crippen LogP contribution is -2.41. The van der Waals surface area contributed by atoms with Gasteiger partial charge in [0.15, 0.2) is 17.5 Å². The Morgan fingerprint density at radius 3 is 1.41 bits per heavy atom. The first-order valence-corrected chi connectivity index (χ1v) is 32.6. The van der Waals surface area contributed by atoms with E-state index in [1.165, 1.54) is 47.7 Å². The lowest BCUT2D eigenvalue weighted by molar-refractivity contribution is -0.104. The van der Waals surface area contributed by atoms with Crippen LogP contribution in [0.15, 0.2) is 140 Å². The molecule has 5 N–H and O–H groups in total. The van der Waals surface area contributed by atoms with Crippen LogP contribution in [0.3, 0.4) is 0 Å². The van der Waals surface area contributed by atoms with Crippen LogP contribution in [-0.2, 0) is 20.0 Å². The number of nitrogen functional groups attached to an aromatic ring is 1. The molecule has 0 aliphatic heterocycles. The lowest BCUT2D eigenvalue weighted by atomic mass is 9.87. The van der Waals surface area contributed by atoms with Crippen molar-refractivity contribution in [2.24, 2.45) is 0 Å². The number of halogens is 16. The Balaban J connectivity index is 0.000000176. The second-order valence-corrected chi connectivity index (χ2v) is 27.0. The first-order valence-electron chi connectivity index (χ1n) is 27.5. The summed E-state index contributed by atoms with van der Waals surface area (Å²) in [5.74, 6) is -13.9. The maximum atomic E-state index is 16.0. The molecule has 2 saturated carbocycles. The van der Waals surface area contributed by atoms with Crippen molar-refractivity contribution in [2.45, 2.75) is 72.5 Å². The third-order valence-corrected chi connectivity index (χ3v) is 19.7. The standard InChI is InChI=1S/C29H18F7N7O3S2.C25H14ClF5N4O3S2.C4H5F2N3.ClH/c30-16-1-2-18(41-48(45,46)22-8-21-19(6-17(22)31)38-12-47-21)26(32)25(16)15-5-13-11-37-24(39-23-3-4-42(40-23)28(33)34)7-20(13)43(27(15)44)14-9-29(35,36)10-14;26-21-5-18-11(9-32-21)3-13(24(36)35(18)12-7-25(30,31)8-12)22-14(27)1-2-16(23(22)29)34-40(37,38)20-6-19-17(4-15(20)28)33-10-39-19;5-4(6)9-2-1-3(7)8-9;/h1-8,11-12,14,28,41H,9-10H2,(H,37,39,40);1-6,9-10,12,34H,7-8H2;1-2,4H,(H2,7,8);1H. The largest absolute Gasteiger partial charge is 0.382 e. The molecule has 2 aliphatic rings. The van der Waals surface area contributed by atoms with Crippen LogP contribution in [0, 0.1) is 34.9 Å². The van der Waals surface area contributed by atoms with Crippen molar-refractivity contribution in [2.75, 3.05) is 20.5 Å². The first kappa shape index (κ1) is 69.8. The fourth-order valence-electron chi connectivity index (χ4n) is 10.6. The van der Waals surface area contributed by atoms with E-state index in [-0.39, 0.29) is 67.9 Å². The molecule has 0 saturated heterocycles. The minimum atomic E-state index is -4.80. The summed E-state index contributed by atoms with van der Waals surface area (Å²) in [5, 5.41) is 9.80. The molecule has 0 spiro atoms. The number of fused-ring (bicyclic) bond motifs is 4. The SMILES string of the molecule is Cl.Nc1ccn(C(F)F)n1.O=c1c(-c2c(F)ccc(NS(=O)(=O)c3cc4scnc4cc3F)c2F)cc2cnc(Cl)cc2n1C1CC(F)(F)C1.O=c1c(-c2c(F)ccc(NS(=O)(=O)c3cc4scnc4cc3F)c2F)cc2cnc(Nc3ccn(C(F)F)n3)cc2n1C1CC(F)(F)C1. The molecular formula is C58H38Cl2F14N14O6S4. The zero-order valence-corrected chi connectivity index (χ0v) is 53.2. The van der Waals surface area contributed by atoms with Crippen LogP contribution in [0.1, 0.15) is 50.9 Å². The average Bonchev–Trinajstić information content (AvgIpc) is 0.901. The molecule has 0 unspecified atom stereocenters. The van der Waals surface area contributed by atoms with Crippen molar-refractivity contribution in [3.63, 3.8) is 0 Å². The summed E-state index contributed by atoms with van der Waals surface area (Å²) >= 11 is 8.05. The third-order valence-electron chi connectivity index (χ3n) is 15.1. The van der Waals surface area contributed by atoms with Crippen molar-refractivity contribution in [1.29, 1.82) is 0 Å². The summed E-state index contributed by atoms with van der Waals surface area (Å²) in [4.78, 5) is 41.6. The van der Waals surface area contributed by atoms with E-state index < -0.39 is 172 Å². The van der Waals surface area contributed by atoms with Crippen LogP contribution in [0.4, 0.5) is 90.3 Å². The monoisotopic (exact) mass is 1490 g/mol. The topological polar surface area (TPSA) is 262 Å². The van der Waals surface area contributed by atoms with Crippen LogP contribution in [0.5, 0.6) is 0 Å². The van der Waals surface area contributed by atoms with Gasteiger partial charge in [0.2, 0.25) is 0 Å². The van der Waals surface area contributed by atoms with Gasteiger partial charge in [0, 0.05) is 104 Å². The number of hydrogen-bond donors (Lipinski definition) is 4. The number of thiazole rings is 2. The molecule has 2 aliphatic carbocycles. The Hall–Kier alpha value is -9.50. The van der Waals surface area contributed by atoms with Gasteiger partial charge in [0.1, 0.15) is 49.8 Å². The Morgan fingerprint density at radius 2 is 0.990 bits per heavy atom. The van der Waals surface area contributed by atoms with E-state index in [0.29, 0.717) is 24.8 Å². The molecule has 4 aromatic carbocycles. The minimum absolute atomic E-state index is 0. The van der Waals surface area contributed by atoms with E-state index in [1.807, 2.05) is 9.44 Å². The number of nitrogens with two attached hydrogens (primary N) is 1. The molecule has 40 heteroatoms. The van der Waals surface area contributed by atoms with E-state index >= 15 is 17.6 Å². The summed E-state index contributed by atoms with van der Waals surface area (Å²) in [5.41, 5.74) is 1.68. The number of aromatic nitrogens is 10.